The predicted octanol–water partition coefficient (Wildman–Crippen LogP) is 5.18. The van der Waals surface area contributed by atoms with E-state index >= 15 is 0 Å². The summed E-state index contributed by atoms with van der Waals surface area (Å²) in [5, 5.41) is 2.89. The van der Waals surface area contributed by atoms with Gasteiger partial charge in [-0.05, 0) is 60.7 Å². The zero-order valence-electron chi connectivity index (χ0n) is 17.1. The number of aryl methyl sites for hydroxylation is 1. The molecule has 7 heteroatoms. The van der Waals surface area contributed by atoms with Gasteiger partial charge in [-0.1, -0.05) is 37.3 Å². The molecule has 30 heavy (non-hydrogen) atoms. The average molecular weight is 441 g/mol. The quantitative estimate of drug-likeness (QED) is 0.514. The SMILES string of the molecule is CCSc1ccccc1NC(=O)c1cccc(S(=O)(=O)N(C)c2cccc(C)c2)c1. The van der Waals surface area contributed by atoms with E-state index in [0.717, 1.165) is 16.2 Å². The average Bonchev–Trinajstić information content (AvgIpc) is 2.75. The maximum absolute atomic E-state index is 13.1. The van der Waals surface area contributed by atoms with Gasteiger partial charge in [0.05, 0.1) is 16.3 Å². The largest absolute Gasteiger partial charge is 0.321 e. The fraction of sp³-hybridized carbons (Fsp3) is 0.174. The van der Waals surface area contributed by atoms with Crippen LogP contribution in [-0.2, 0) is 10.0 Å². The first kappa shape index (κ1) is 21.9. The normalized spacial score (nSPS) is 11.2. The molecule has 0 heterocycles. The smallest absolute Gasteiger partial charge is 0.264 e. The van der Waals surface area contributed by atoms with Crippen molar-refractivity contribution in [1.82, 2.24) is 0 Å². The highest BCUT2D eigenvalue weighted by molar-refractivity contribution is 7.99. The van der Waals surface area contributed by atoms with Gasteiger partial charge in [0.2, 0.25) is 0 Å². The van der Waals surface area contributed by atoms with Crippen molar-refractivity contribution < 1.29 is 13.2 Å². The molecule has 0 atom stereocenters. The third-order valence-corrected chi connectivity index (χ3v) is 7.29. The molecule has 0 spiro atoms. The first-order valence-electron chi connectivity index (χ1n) is 9.51. The molecule has 0 aliphatic rings. The second-order valence-corrected chi connectivity index (χ2v) is 10.00. The first-order valence-corrected chi connectivity index (χ1v) is 11.9. The number of para-hydroxylation sites is 1. The molecule has 0 saturated carbocycles. The topological polar surface area (TPSA) is 66.5 Å². The second-order valence-electron chi connectivity index (χ2n) is 6.72. The van der Waals surface area contributed by atoms with Crippen LogP contribution in [0.3, 0.4) is 0 Å². The van der Waals surface area contributed by atoms with E-state index in [4.69, 9.17) is 0 Å². The van der Waals surface area contributed by atoms with Crippen LogP contribution in [0.25, 0.3) is 0 Å². The molecule has 0 aliphatic heterocycles. The Morgan fingerprint density at radius 3 is 2.47 bits per heavy atom. The van der Waals surface area contributed by atoms with Crippen molar-refractivity contribution in [2.24, 2.45) is 0 Å². The zero-order valence-corrected chi connectivity index (χ0v) is 18.8. The van der Waals surface area contributed by atoms with Gasteiger partial charge in [-0.2, -0.15) is 0 Å². The van der Waals surface area contributed by atoms with Crippen LogP contribution in [0.1, 0.15) is 22.8 Å². The lowest BCUT2D eigenvalue weighted by Gasteiger charge is -2.20. The van der Waals surface area contributed by atoms with E-state index in [0.29, 0.717) is 11.4 Å². The highest BCUT2D eigenvalue weighted by Crippen LogP contribution is 2.28. The van der Waals surface area contributed by atoms with Crippen LogP contribution in [0.5, 0.6) is 0 Å². The van der Waals surface area contributed by atoms with Crippen LogP contribution in [-0.4, -0.2) is 27.1 Å². The van der Waals surface area contributed by atoms with Crippen LogP contribution < -0.4 is 9.62 Å². The van der Waals surface area contributed by atoms with Crippen molar-refractivity contribution in [3.05, 3.63) is 83.9 Å². The van der Waals surface area contributed by atoms with Crippen molar-refractivity contribution >= 4 is 39.1 Å². The summed E-state index contributed by atoms with van der Waals surface area (Å²) >= 11 is 1.63. The Hall–Kier alpha value is -2.77. The summed E-state index contributed by atoms with van der Waals surface area (Å²) in [6.07, 6.45) is 0. The molecule has 1 N–H and O–H groups in total. The van der Waals surface area contributed by atoms with Gasteiger partial charge < -0.3 is 5.32 Å². The van der Waals surface area contributed by atoms with Crippen LogP contribution >= 0.6 is 11.8 Å². The molecule has 3 aromatic carbocycles. The number of benzene rings is 3. The molecule has 0 saturated heterocycles. The summed E-state index contributed by atoms with van der Waals surface area (Å²) in [5.41, 5.74) is 2.52. The third kappa shape index (κ3) is 4.86. The van der Waals surface area contributed by atoms with Gasteiger partial charge in [0.25, 0.3) is 15.9 Å². The lowest BCUT2D eigenvalue weighted by atomic mass is 10.2. The van der Waals surface area contributed by atoms with E-state index in [-0.39, 0.29) is 16.4 Å². The molecular formula is C23H24N2O3S2. The zero-order chi connectivity index (χ0) is 21.7. The van der Waals surface area contributed by atoms with Crippen LogP contribution in [0.15, 0.2) is 82.6 Å². The number of carbonyl (C=O) groups is 1. The summed E-state index contributed by atoms with van der Waals surface area (Å²) in [5.74, 6) is 0.528. The predicted molar refractivity (Wildman–Crippen MR) is 124 cm³/mol. The van der Waals surface area contributed by atoms with Gasteiger partial charge >= 0.3 is 0 Å². The Kier molecular flexibility index (Phi) is 6.84. The van der Waals surface area contributed by atoms with Crippen molar-refractivity contribution in [2.45, 2.75) is 23.6 Å². The number of nitrogens with one attached hydrogen (secondary N) is 1. The number of nitrogens with zero attached hydrogens (tertiary/aromatic N) is 1. The second kappa shape index (κ2) is 9.36. The van der Waals surface area contributed by atoms with E-state index in [9.17, 15) is 13.2 Å². The van der Waals surface area contributed by atoms with Crippen molar-refractivity contribution in [3.63, 3.8) is 0 Å². The molecular weight excluding hydrogens is 416 g/mol. The number of anilines is 2. The molecule has 5 nitrogen and oxygen atoms in total. The van der Waals surface area contributed by atoms with Crippen LogP contribution in [0, 0.1) is 6.92 Å². The summed E-state index contributed by atoms with van der Waals surface area (Å²) < 4.78 is 27.4. The maximum Gasteiger partial charge on any atom is 0.264 e. The molecule has 0 bridgehead atoms. The molecule has 0 unspecified atom stereocenters. The summed E-state index contributed by atoms with van der Waals surface area (Å²) in [7, 11) is -2.30. The van der Waals surface area contributed by atoms with Gasteiger partial charge in [0, 0.05) is 17.5 Å². The Labute approximate surface area is 182 Å². The molecule has 0 fully saturated rings. The Balaban J connectivity index is 1.88. The van der Waals surface area contributed by atoms with Crippen molar-refractivity contribution in [2.75, 3.05) is 22.4 Å². The van der Waals surface area contributed by atoms with E-state index in [2.05, 4.69) is 5.32 Å². The van der Waals surface area contributed by atoms with Crippen LogP contribution in [0.2, 0.25) is 0 Å². The molecule has 0 radical (unpaired) electrons. The highest BCUT2D eigenvalue weighted by atomic mass is 32.2. The number of amides is 1. The Morgan fingerprint density at radius 2 is 1.73 bits per heavy atom. The summed E-state index contributed by atoms with van der Waals surface area (Å²) in [6.45, 7) is 3.95. The molecule has 3 rings (SSSR count). The number of hydrogen-bond donors (Lipinski definition) is 1. The van der Waals surface area contributed by atoms with Gasteiger partial charge in [0.1, 0.15) is 0 Å². The number of rotatable bonds is 7. The number of sulfonamides is 1. The van der Waals surface area contributed by atoms with Gasteiger partial charge in [-0.3, -0.25) is 9.10 Å². The molecule has 0 aliphatic carbocycles. The van der Waals surface area contributed by atoms with E-state index < -0.39 is 10.0 Å². The molecule has 3 aromatic rings. The van der Waals surface area contributed by atoms with Crippen molar-refractivity contribution in [1.29, 1.82) is 0 Å². The lowest BCUT2D eigenvalue weighted by Crippen LogP contribution is -2.27. The number of hydrogen-bond acceptors (Lipinski definition) is 4. The maximum atomic E-state index is 13.1. The number of carbonyl (C=O) groups excluding carboxylic acids is 1. The monoisotopic (exact) mass is 440 g/mol. The Morgan fingerprint density at radius 1 is 1.00 bits per heavy atom. The first-order chi connectivity index (χ1) is 14.3. The van der Waals surface area contributed by atoms with Crippen molar-refractivity contribution in [3.8, 4) is 0 Å². The fourth-order valence-corrected chi connectivity index (χ4v) is 4.96. The van der Waals surface area contributed by atoms with E-state index in [1.54, 1.807) is 36.0 Å². The number of thioether (sulfide) groups is 1. The fourth-order valence-electron chi connectivity index (χ4n) is 2.96. The minimum atomic E-state index is -3.81. The summed E-state index contributed by atoms with van der Waals surface area (Å²) in [6, 6.07) is 20.9. The molecule has 1 amide bonds. The van der Waals surface area contributed by atoms with Crippen LogP contribution in [0.4, 0.5) is 11.4 Å². The molecule has 0 aromatic heterocycles. The minimum absolute atomic E-state index is 0.0652. The highest BCUT2D eigenvalue weighted by Gasteiger charge is 2.22. The van der Waals surface area contributed by atoms with E-state index in [1.165, 1.54) is 23.5 Å². The minimum Gasteiger partial charge on any atom is -0.321 e. The van der Waals surface area contributed by atoms with E-state index in [1.807, 2.05) is 50.2 Å². The van der Waals surface area contributed by atoms with Gasteiger partial charge in [-0.25, -0.2) is 8.42 Å². The van der Waals surface area contributed by atoms with Gasteiger partial charge in [-0.15, -0.1) is 11.8 Å². The third-order valence-electron chi connectivity index (χ3n) is 4.55. The van der Waals surface area contributed by atoms with Gasteiger partial charge in [0.15, 0.2) is 0 Å². The Bertz CT molecular complexity index is 1160. The lowest BCUT2D eigenvalue weighted by molar-refractivity contribution is 0.102. The summed E-state index contributed by atoms with van der Waals surface area (Å²) in [4.78, 5) is 13.8. The molecule has 156 valence electrons. The standard InChI is InChI=1S/C23H24N2O3S2/c1-4-29-22-14-6-5-13-21(22)24-23(26)18-10-8-12-20(16-18)30(27,28)25(3)19-11-7-9-17(2)15-19/h5-16H,4H2,1-3H3,(H,24,26).